The van der Waals surface area contributed by atoms with E-state index in [-0.39, 0.29) is 0 Å². The van der Waals surface area contributed by atoms with E-state index in [1.807, 2.05) is 0 Å². The summed E-state index contributed by atoms with van der Waals surface area (Å²) in [6.07, 6.45) is 2.30. The van der Waals surface area contributed by atoms with Crippen molar-refractivity contribution in [1.29, 1.82) is 0 Å². The molecule has 1 aliphatic heterocycles. The van der Waals surface area contributed by atoms with Crippen LogP contribution in [0.15, 0.2) is 6.07 Å². The van der Waals surface area contributed by atoms with Crippen molar-refractivity contribution in [3.63, 3.8) is 0 Å². The summed E-state index contributed by atoms with van der Waals surface area (Å²) < 4.78 is 6.43. The summed E-state index contributed by atoms with van der Waals surface area (Å²) in [5, 5.41) is 3.64. The first kappa shape index (κ1) is 13.3. The summed E-state index contributed by atoms with van der Waals surface area (Å²) in [5.74, 6) is 0.593. The average Bonchev–Trinajstić information content (AvgIpc) is 2.92. The zero-order valence-corrected chi connectivity index (χ0v) is 12.0. The SMILES string of the molecule is CCCNC(c1cc(C)c(Cl)s1)C1CCOC1. The molecule has 4 heteroatoms. The molecular formula is C13H20ClNOS. The Kier molecular flexibility index (Phi) is 4.86. The van der Waals surface area contributed by atoms with Gasteiger partial charge in [-0.25, -0.2) is 0 Å². The third kappa shape index (κ3) is 3.22. The number of hydrogen-bond donors (Lipinski definition) is 1. The van der Waals surface area contributed by atoms with Crippen LogP contribution in [-0.4, -0.2) is 19.8 Å². The van der Waals surface area contributed by atoms with E-state index in [1.165, 1.54) is 10.4 Å². The van der Waals surface area contributed by atoms with Crippen LogP contribution < -0.4 is 5.32 Å². The number of thiophene rings is 1. The van der Waals surface area contributed by atoms with Crippen LogP contribution in [0.3, 0.4) is 0 Å². The molecule has 0 saturated carbocycles. The Morgan fingerprint density at radius 3 is 3.00 bits per heavy atom. The highest BCUT2D eigenvalue weighted by molar-refractivity contribution is 7.16. The van der Waals surface area contributed by atoms with Gasteiger partial charge in [0.05, 0.1) is 10.9 Å². The molecule has 1 saturated heterocycles. The summed E-state index contributed by atoms with van der Waals surface area (Å²) in [6, 6.07) is 2.63. The molecule has 1 aromatic heterocycles. The number of aryl methyl sites for hydroxylation is 1. The fourth-order valence-corrected chi connectivity index (χ4v) is 3.64. The molecule has 0 bridgehead atoms. The van der Waals surface area contributed by atoms with Gasteiger partial charge >= 0.3 is 0 Å². The van der Waals surface area contributed by atoms with E-state index in [2.05, 4.69) is 25.2 Å². The number of nitrogens with one attached hydrogen (secondary N) is 1. The molecule has 2 rings (SSSR count). The normalized spacial score (nSPS) is 21.9. The van der Waals surface area contributed by atoms with Crippen LogP contribution in [0.2, 0.25) is 4.34 Å². The number of halogens is 1. The zero-order valence-electron chi connectivity index (χ0n) is 10.5. The minimum Gasteiger partial charge on any atom is -0.381 e. The van der Waals surface area contributed by atoms with Gasteiger partial charge in [-0.05, 0) is 37.9 Å². The molecule has 1 aliphatic rings. The topological polar surface area (TPSA) is 21.3 Å². The van der Waals surface area contributed by atoms with Crippen molar-refractivity contribution in [3.8, 4) is 0 Å². The smallest absolute Gasteiger partial charge is 0.0960 e. The Hall–Kier alpha value is -0.0900. The van der Waals surface area contributed by atoms with Gasteiger partial charge in [0.15, 0.2) is 0 Å². The second kappa shape index (κ2) is 6.19. The quantitative estimate of drug-likeness (QED) is 0.881. The molecule has 96 valence electrons. The molecule has 2 heterocycles. The largest absolute Gasteiger partial charge is 0.381 e. The van der Waals surface area contributed by atoms with Gasteiger partial charge in [-0.15, -0.1) is 11.3 Å². The first-order valence-electron chi connectivity index (χ1n) is 6.29. The van der Waals surface area contributed by atoms with E-state index in [4.69, 9.17) is 16.3 Å². The summed E-state index contributed by atoms with van der Waals surface area (Å²) in [6.45, 7) is 7.09. The predicted molar refractivity (Wildman–Crippen MR) is 74.0 cm³/mol. The standard InChI is InChI=1S/C13H20ClNOS/c1-3-5-15-12(10-4-6-16-8-10)11-7-9(2)13(14)17-11/h7,10,12,15H,3-6,8H2,1-2H3. The monoisotopic (exact) mass is 273 g/mol. The molecule has 2 atom stereocenters. The summed E-state index contributed by atoms with van der Waals surface area (Å²) in [7, 11) is 0. The molecule has 0 aliphatic carbocycles. The molecule has 1 aromatic rings. The lowest BCUT2D eigenvalue weighted by molar-refractivity contribution is 0.177. The molecule has 2 nitrogen and oxygen atoms in total. The minimum absolute atomic E-state index is 0.411. The van der Waals surface area contributed by atoms with E-state index < -0.39 is 0 Å². The van der Waals surface area contributed by atoms with Crippen molar-refractivity contribution in [2.24, 2.45) is 5.92 Å². The fourth-order valence-electron chi connectivity index (χ4n) is 2.25. The van der Waals surface area contributed by atoms with Crippen molar-refractivity contribution in [2.75, 3.05) is 19.8 Å². The maximum atomic E-state index is 6.17. The van der Waals surface area contributed by atoms with Gasteiger partial charge < -0.3 is 10.1 Å². The van der Waals surface area contributed by atoms with Crippen molar-refractivity contribution in [2.45, 2.75) is 32.7 Å². The Bertz CT molecular complexity index is 341. The van der Waals surface area contributed by atoms with Gasteiger partial charge in [0, 0.05) is 23.4 Å². The van der Waals surface area contributed by atoms with Gasteiger partial charge in [-0.2, -0.15) is 0 Å². The van der Waals surface area contributed by atoms with Crippen molar-refractivity contribution in [1.82, 2.24) is 5.32 Å². The van der Waals surface area contributed by atoms with Crippen LogP contribution >= 0.6 is 22.9 Å². The molecule has 1 fully saturated rings. The number of rotatable bonds is 5. The molecule has 17 heavy (non-hydrogen) atoms. The second-order valence-electron chi connectivity index (χ2n) is 4.66. The highest BCUT2D eigenvalue weighted by atomic mass is 35.5. The maximum absolute atomic E-state index is 6.17. The van der Waals surface area contributed by atoms with Gasteiger partial charge in [-0.1, -0.05) is 18.5 Å². The van der Waals surface area contributed by atoms with E-state index >= 15 is 0 Å². The Morgan fingerprint density at radius 1 is 1.65 bits per heavy atom. The zero-order chi connectivity index (χ0) is 12.3. The van der Waals surface area contributed by atoms with Crippen LogP contribution in [0.25, 0.3) is 0 Å². The minimum atomic E-state index is 0.411. The molecule has 0 aromatic carbocycles. The number of hydrogen-bond acceptors (Lipinski definition) is 3. The average molecular weight is 274 g/mol. The van der Waals surface area contributed by atoms with E-state index in [0.717, 1.165) is 36.9 Å². The van der Waals surface area contributed by atoms with E-state index in [0.29, 0.717) is 12.0 Å². The lowest BCUT2D eigenvalue weighted by atomic mass is 9.97. The fraction of sp³-hybridized carbons (Fsp3) is 0.692. The molecule has 2 unspecified atom stereocenters. The van der Waals surface area contributed by atoms with E-state index in [9.17, 15) is 0 Å². The van der Waals surface area contributed by atoms with Crippen LogP contribution in [0.4, 0.5) is 0 Å². The number of ether oxygens (including phenoxy) is 1. The van der Waals surface area contributed by atoms with Crippen LogP contribution in [0.5, 0.6) is 0 Å². The van der Waals surface area contributed by atoms with Gasteiger partial charge in [0.25, 0.3) is 0 Å². The molecule has 1 N–H and O–H groups in total. The lowest BCUT2D eigenvalue weighted by Crippen LogP contribution is -2.28. The van der Waals surface area contributed by atoms with Crippen molar-refractivity contribution < 1.29 is 4.74 Å². The van der Waals surface area contributed by atoms with Crippen LogP contribution in [0, 0.1) is 12.8 Å². The van der Waals surface area contributed by atoms with E-state index in [1.54, 1.807) is 11.3 Å². The third-order valence-electron chi connectivity index (χ3n) is 3.23. The molecule has 0 amide bonds. The Balaban J connectivity index is 2.13. The lowest BCUT2D eigenvalue weighted by Gasteiger charge is -2.22. The first-order chi connectivity index (χ1) is 8.22. The Labute approximate surface area is 112 Å². The second-order valence-corrected chi connectivity index (χ2v) is 6.35. The summed E-state index contributed by atoms with van der Waals surface area (Å²) in [4.78, 5) is 1.36. The van der Waals surface area contributed by atoms with Crippen molar-refractivity contribution >= 4 is 22.9 Å². The van der Waals surface area contributed by atoms with Gasteiger partial charge in [0.2, 0.25) is 0 Å². The molecule has 0 spiro atoms. The third-order valence-corrected chi connectivity index (χ3v) is 4.87. The summed E-state index contributed by atoms with van der Waals surface area (Å²) in [5.41, 5.74) is 1.19. The molecule has 0 radical (unpaired) electrons. The van der Waals surface area contributed by atoms with Gasteiger partial charge in [-0.3, -0.25) is 0 Å². The van der Waals surface area contributed by atoms with Crippen LogP contribution in [-0.2, 0) is 4.74 Å². The highest BCUT2D eigenvalue weighted by Crippen LogP contribution is 2.36. The van der Waals surface area contributed by atoms with Crippen molar-refractivity contribution in [3.05, 3.63) is 20.8 Å². The predicted octanol–water partition coefficient (Wildman–Crippen LogP) is 3.79. The highest BCUT2D eigenvalue weighted by Gasteiger charge is 2.28. The van der Waals surface area contributed by atoms with Gasteiger partial charge in [0.1, 0.15) is 0 Å². The summed E-state index contributed by atoms with van der Waals surface area (Å²) >= 11 is 7.88. The van der Waals surface area contributed by atoms with Crippen LogP contribution in [0.1, 0.15) is 36.2 Å². The molecular weight excluding hydrogens is 254 g/mol. The Morgan fingerprint density at radius 2 is 2.47 bits per heavy atom. The first-order valence-corrected chi connectivity index (χ1v) is 7.48. The maximum Gasteiger partial charge on any atom is 0.0960 e.